The van der Waals surface area contributed by atoms with Crippen LogP contribution < -0.4 is 15.4 Å². The van der Waals surface area contributed by atoms with Gasteiger partial charge >= 0.3 is 0 Å². The molecule has 0 aliphatic rings. The molecule has 5 nitrogen and oxygen atoms in total. The van der Waals surface area contributed by atoms with E-state index >= 15 is 0 Å². The summed E-state index contributed by atoms with van der Waals surface area (Å²) >= 11 is 0. The second kappa shape index (κ2) is 10.2. The fourth-order valence-corrected chi connectivity index (χ4v) is 2.56. The molecule has 2 rings (SSSR count). The summed E-state index contributed by atoms with van der Waals surface area (Å²) in [4.78, 5) is 24.5. The van der Waals surface area contributed by atoms with Crippen molar-refractivity contribution in [2.24, 2.45) is 0 Å². The van der Waals surface area contributed by atoms with Gasteiger partial charge in [0.1, 0.15) is 5.75 Å². The molecule has 0 aromatic heterocycles. The molecule has 0 radical (unpaired) electrons. The highest BCUT2D eigenvalue weighted by atomic mass is 16.5. The smallest absolute Gasteiger partial charge is 0.258 e. The van der Waals surface area contributed by atoms with Gasteiger partial charge in [-0.2, -0.15) is 0 Å². The van der Waals surface area contributed by atoms with Crippen molar-refractivity contribution in [3.8, 4) is 5.75 Å². The van der Waals surface area contributed by atoms with E-state index in [2.05, 4.69) is 10.6 Å². The van der Waals surface area contributed by atoms with E-state index in [1.165, 1.54) is 0 Å². The number of carbonyl (C=O) groups excluding carboxylic acids is 2. The molecule has 0 spiro atoms. The maximum Gasteiger partial charge on any atom is 0.258 e. The lowest BCUT2D eigenvalue weighted by atomic mass is 10.1. The first-order valence-electron chi connectivity index (χ1n) is 8.97. The first-order chi connectivity index (χ1) is 12.6. The Balaban J connectivity index is 1.94. The lowest BCUT2D eigenvalue weighted by Gasteiger charge is -2.16. The summed E-state index contributed by atoms with van der Waals surface area (Å²) in [7, 11) is 0. The van der Waals surface area contributed by atoms with Crippen molar-refractivity contribution in [1.29, 1.82) is 0 Å². The van der Waals surface area contributed by atoms with Crippen molar-refractivity contribution in [2.75, 3.05) is 6.61 Å². The van der Waals surface area contributed by atoms with Crippen molar-refractivity contribution in [3.05, 3.63) is 65.7 Å². The third-order valence-electron chi connectivity index (χ3n) is 4.14. The SMILES string of the molecule is CCC(CC)NC(=O)COc1ccccc1C(=O)NCc1ccccc1. The van der Waals surface area contributed by atoms with Crippen molar-refractivity contribution < 1.29 is 14.3 Å². The Labute approximate surface area is 154 Å². The number of benzene rings is 2. The Hall–Kier alpha value is -2.82. The molecule has 2 amide bonds. The molecule has 0 unspecified atom stereocenters. The number of nitrogens with one attached hydrogen (secondary N) is 2. The highest BCUT2D eigenvalue weighted by Gasteiger charge is 2.14. The molecule has 0 saturated heterocycles. The second-order valence-corrected chi connectivity index (χ2v) is 6.03. The van der Waals surface area contributed by atoms with E-state index in [1.807, 2.05) is 44.2 Å². The van der Waals surface area contributed by atoms with Gasteiger partial charge in [-0.15, -0.1) is 0 Å². The monoisotopic (exact) mass is 354 g/mol. The van der Waals surface area contributed by atoms with E-state index in [-0.39, 0.29) is 24.5 Å². The van der Waals surface area contributed by atoms with E-state index in [4.69, 9.17) is 4.74 Å². The highest BCUT2D eigenvalue weighted by molar-refractivity contribution is 5.97. The standard InChI is InChI=1S/C21H26N2O3/c1-3-17(4-2)23-20(24)15-26-19-13-9-8-12-18(19)21(25)22-14-16-10-6-5-7-11-16/h5-13,17H,3-4,14-15H2,1-2H3,(H,22,25)(H,23,24). The number of carbonyl (C=O) groups is 2. The quantitative estimate of drug-likeness (QED) is 0.726. The zero-order valence-corrected chi connectivity index (χ0v) is 15.3. The molecular weight excluding hydrogens is 328 g/mol. The summed E-state index contributed by atoms with van der Waals surface area (Å²) in [5, 5.41) is 5.79. The maximum absolute atomic E-state index is 12.5. The topological polar surface area (TPSA) is 67.4 Å². The van der Waals surface area contributed by atoms with Crippen LogP contribution in [0.5, 0.6) is 5.75 Å². The highest BCUT2D eigenvalue weighted by Crippen LogP contribution is 2.18. The van der Waals surface area contributed by atoms with Gasteiger partial charge in [0, 0.05) is 12.6 Å². The molecule has 0 heterocycles. The van der Waals surface area contributed by atoms with Crippen LogP contribution in [-0.4, -0.2) is 24.5 Å². The molecule has 138 valence electrons. The van der Waals surface area contributed by atoms with Crippen LogP contribution in [0.2, 0.25) is 0 Å². The minimum atomic E-state index is -0.232. The van der Waals surface area contributed by atoms with Crippen LogP contribution in [0.25, 0.3) is 0 Å². The summed E-state index contributed by atoms with van der Waals surface area (Å²) in [5.41, 5.74) is 1.43. The predicted molar refractivity (Wildman–Crippen MR) is 102 cm³/mol. The van der Waals surface area contributed by atoms with Crippen molar-refractivity contribution in [1.82, 2.24) is 10.6 Å². The van der Waals surface area contributed by atoms with Gasteiger partial charge in [-0.25, -0.2) is 0 Å². The van der Waals surface area contributed by atoms with Crippen LogP contribution in [0, 0.1) is 0 Å². The fourth-order valence-electron chi connectivity index (χ4n) is 2.56. The average molecular weight is 354 g/mol. The van der Waals surface area contributed by atoms with Gasteiger partial charge in [0.2, 0.25) is 0 Å². The summed E-state index contributed by atoms with van der Waals surface area (Å²) < 4.78 is 5.59. The molecule has 2 N–H and O–H groups in total. The number of hydrogen-bond acceptors (Lipinski definition) is 3. The maximum atomic E-state index is 12.5. The van der Waals surface area contributed by atoms with E-state index in [9.17, 15) is 9.59 Å². The molecule has 0 atom stereocenters. The van der Waals surface area contributed by atoms with E-state index in [1.54, 1.807) is 24.3 Å². The molecule has 2 aromatic rings. The first-order valence-corrected chi connectivity index (χ1v) is 8.97. The van der Waals surface area contributed by atoms with E-state index in [0.717, 1.165) is 18.4 Å². The molecular formula is C21H26N2O3. The van der Waals surface area contributed by atoms with Crippen LogP contribution in [0.1, 0.15) is 42.6 Å². The molecule has 0 aliphatic heterocycles. The average Bonchev–Trinajstić information content (AvgIpc) is 2.69. The number of para-hydroxylation sites is 1. The summed E-state index contributed by atoms with van der Waals surface area (Å²) in [5.74, 6) is -0.0131. The molecule has 5 heteroatoms. The second-order valence-electron chi connectivity index (χ2n) is 6.03. The summed E-state index contributed by atoms with van der Waals surface area (Å²) in [6.07, 6.45) is 1.75. The molecule has 0 saturated carbocycles. The Morgan fingerprint density at radius 1 is 0.962 bits per heavy atom. The lowest BCUT2D eigenvalue weighted by Crippen LogP contribution is -2.37. The van der Waals surface area contributed by atoms with Gasteiger partial charge in [-0.3, -0.25) is 9.59 Å². The largest absolute Gasteiger partial charge is 0.483 e. The minimum Gasteiger partial charge on any atom is -0.483 e. The molecule has 0 aliphatic carbocycles. The number of ether oxygens (including phenoxy) is 1. The Kier molecular flexibility index (Phi) is 7.68. The van der Waals surface area contributed by atoms with Gasteiger partial charge in [-0.05, 0) is 30.5 Å². The van der Waals surface area contributed by atoms with Crippen molar-refractivity contribution in [3.63, 3.8) is 0 Å². The van der Waals surface area contributed by atoms with Gasteiger partial charge in [-0.1, -0.05) is 56.3 Å². The van der Waals surface area contributed by atoms with Crippen LogP contribution in [0.4, 0.5) is 0 Å². The predicted octanol–water partition coefficient (Wildman–Crippen LogP) is 3.30. The molecule has 2 aromatic carbocycles. The number of amides is 2. The third kappa shape index (κ3) is 5.92. The lowest BCUT2D eigenvalue weighted by molar-refractivity contribution is -0.123. The van der Waals surface area contributed by atoms with Crippen LogP contribution in [-0.2, 0) is 11.3 Å². The van der Waals surface area contributed by atoms with Crippen molar-refractivity contribution in [2.45, 2.75) is 39.3 Å². The Morgan fingerprint density at radius 2 is 1.62 bits per heavy atom. The zero-order valence-electron chi connectivity index (χ0n) is 15.3. The van der Waals surface area contributed by atoms with Gasteiger partial charge in [0.05, 0.1) is 5.56 Å². The fraction of sp³-hybridized carbons (Fsp3) is 0.333. The van der Waals surface area contributed by atoms with Crippen LogP contribution in [0.15, 0.2) is 54.6 Å². The molecule has 0 fully saturated rings. The van der Waals surface area contributed by atoms with Crippen molar-refractivity contribution >= 4 is 11.8 Å². The van der Waals surface area contributed by atoms with Gasteiger partial charge in [0.25, 0.3) is 11.8 Å². The van der Waals surface area contributed by atoms with Crippen LogP contribution in [0.3, 0.4) is 0 Å². The van der Waals surface area contributed by atoms with Crippen LogP contribution >= 0.6 is 0 Å². The van der Waals surface area contributed by atoms with E-state index < -0.39 is 0 Å². The minimum absolute atomic E-state index is 0.112. The van der Waals surface area contributed by atoms with Gasteiger partial charge in [0.15, 0.2) is 6.61 Å². The normalized spacial score (nSPS) is 10.4. The zero-order chi connectivity index (χ0) is 18.8. The summed E-state index contributed by atoms with van der Waals surface area (Å²) in [6, 6.07) is 16.8. The molecule has 0 bridgehead atoms. The third-order valence-corrected chi connectivity index (χ3v) is 4.14. The first kappa shape index (κ1) is 19.5. The van der Waals surface area contributed by atoms with Gasteiger partial charge < -0.3 is 15.4 Å². The number of rotatable bonds is 9. The Morgan fingerprint density at radius 3 is 2.31 bits per heavy atom. The Bertz CT molecular complexity index is 712. The molecule has 26 heavy (non-hydrogen) atoms. The summed E-state index contributed by atoms with van der Waals surface area (Å²) in [6.45, 7) is 4.38. The number of hydrogen-bond donors (Lipinski definition) is 2. The van der Waals surface area contributed by atoms with E-state index in [0.29, 0.717) is 17.9 Å².